The summed E-state index contributed by atoms with van der Waals surface area (Å²) in [7, 11) is -3.38. The standard InChI is InChI=1S/C12H19NO3S/c1-8(14)13-10-6-9-4-5-12(10,11(9,2)3)7-17(13,15)16/h9-10H,4-7H2,1-3H3. The second-order valence-corrected chi connectivity index (χ2v) is 8.28. The number of carbonyl (C=O) groups is 1. The second kappa shape index (κ2) is 2.87. The Hall–Kier alpha value is -0.580. The Morgan fingerprint density at radius 2 is 2.00 bits per heavy atom. The molecule has 5 heteroatoms. The molecular weight excluding hydrogens is 238 g/mol. The first kappa shape index (κ1) is 11.5. The molecule has 2 saturated carbocycles. The fourth-order valence-corrected chi connectivity index (χ4v) is 7.27. The zero-order valence-electron chi connectivity index (χ0n) is 10.6. The molecule has 3 aliphatic rings. The number of sulfonamides is 1. The Balaban J connectivity index is 2.15. The van der Waals surface area contributed by atoms with Crippen molar-refractivity contribution in [3.05, 3.63) is 0 Å². The molecule has 96 valence electrons. The molecule has 0 aromatic carbocycles. The zero-order chi connectivity index (χ0) is 12.6. The van der Waals surface area contributed by atoms with Crippen LogP contribution in [0, 0.1) is 16.7 Å². The molecule has 2 aliphatic carbocycles. The van der Waals surface area contributed by atoms with Crippen LogP contribution in [-0.2, 0) is 14.8 Å². The summed E-state index contributed by atoms with van der Waals surface area (Å²) in [5, 5.41) is 0. The summed E-state index contributed by atoms with van der Waals surface area (Å²) in [6.45, 7) is 5.74. The van der Waals surface area contributed by atoms with Crippen LogP contribution in [0.2, 0.25) is 0 Å². The van der Waals surface area contributed by atoms with E-state index in [1.807, 2.05) is 0 Å². The van der Waals surface area contributed by atoms with Crippen molar-refractivity contribution in [1.82, 2.24) is 4.31 Å². The van der Waals surface area contributed by atoms with E-state index < -0.39 is 10.0 Å². The highest BCUT2D eigenvalue weighted by molar-refractivity contribution is 7.90. The van der Waals surface area contributed by atoms with E-state index in [9.17, 15) is 13.2 Å². The lowest BCUT2D eigenvalue weighted by Gasteiger charge is -2.36. The molecule has 0 aromatic rings. The first-order valence-corrected chi connectivity index (χ1v) is 7.86. The SMILES string of the molecule is CC(=O)N1C2CC3CCC2(CS1(=O)=O)C3(C)C. The van der Waals surface area contributed by atoms with E-state index in [1.54, 1.807) is 0 Å². The van der Waals surface area contributed by atoms with Gasteiger partial charge in [-0.2, -0.15) is 0 Å². The van der Waals surface area contributed by atoms with Gasteiger partial charge in [0.2, 0.25) is 15.9 Å². The van der Waals surface area contributed by atoms with Gasteiger partial charge in [0.15, 0.2) is 0 Å². The average molecular weight is 257 g/mol. The topological polar surface area (TPSA) is 54.5 Å². The lowest BCUT2D eigenvalue weighted by Crippen LogP contribution is -2.43. The summed E-state index contributed by atoms with van der Waals surface area (Å²) in [5.41, 5.74) is -0.128. The number of rotatable bonds is 0. The molecule has 1 aliphatic heterocycles. The van der Waals surface area contributed by atoms with Crippen molar-refractivity contribution in [3.8, 4) is 0 Å². The molecule has 3 fully saturated rings. The number of amides is 1. The second-order valence-electron chi connectivity index (χ2n) is 6.44. The van der Waals surface area contributed by atoms with Crippen molar-refractivity contribution in [1.29, 1.82) is 0 Å². The van der Waals surface area contributed by atoms with Crippen LogP contribution in [0.4, 0.5) is 0 Å². The summed E-state index contributed by atoms with van der Waals surface area (Å²) in [6.07, 6.45) is 2.94. The minimum atomic E-state index is -3.38. The van der Waals surface area contributed by atoms with Crippen molar-refractivity contribution in [2.24, 2.45) is 16.7 Å². The monoisotopic (exact) mass is 257 g/mol. The van der Waals surface area contributed by atoms with Crippen molar-refractivity contribution in [2.75, 3.05) is 5.75 Å². The highest BCUT2D eigenvalue weighted by atomic mass is 32.2. The summed E-state index contributed by atoms with van der Waals surface area (Å²) in [5.74, 6) is 0.438. The van der Waals surface area contributed by atoms with Gasteiger partial charge in [0.25, 0.3) is 0 Å². The third-order valence-corrected chi connectivity index (χ3v) is 7.71. The molecule has 2 bridgehead atoms. The molecule has 1 heterocycles. The molecule has 3 rings (SSSR count). The number of hydrogen-bond donors (Lipinski definition) is 0. The van der Waals surface area contributed by atoms with Crippen LogP contribution >= 0.6 is 0 Å². The van der Waals surface area contributed by atoms with Crippen LogP contribution in [0.15, 0.2) is 0 Å². The molecule has 0 N–H and O–H groups in total. The third-order valence-electron chi connectivity index (χ3n) is 5.72. The van der Waals surface area contributed by atoms with Gasteiger partial charge in [0.05, 0.1) is 11.8 Å². The predicted octanol–water partition coefficient (Wildman–Crippen LogP) is 1.37. The summed E-state index contributed by atoms with van der Waals surface area (Å²) in [4.78, 5) is 11.6. The average Bonchev–Trinajstić information content (AvgIpc) is 2.62. The van der Waals surface area contributed by atoms with Gasteiger partial charge >= 0.3 is 0 Å². The van der Waals surface area contributed by atoms with E-state index in [0.29, 0.717) is 5.92 Å². The molecule has 1 saturated heterocycles. The van der Waals surface area contributed by atoms with Gasteiger partial charge in [-0.25, -0.2) is 12.7 Å². The van der Waals surface area contributed by atoms with Crippen LogP contribution in [0.5, 0.6) is 0 Å². The summed E-state index contributed by atoms with van der Waals surface area (Å²) >= 11 is 0. The van der Waals surface area contributed by atoms with Gasteiger partial charge in [-0.1, -0.05) is 13.8 Å². The Morgan fingerprint density at radius 3 is 2.53 bits per heavy atom. The van der Waals surface area contributed by atoms with Crippen LogP contribution < -0.4 is 0 Å². The highest BCUT2D eigenvalue weighted by Crippen LogP contribution is 2.69. The Labute approximate surface area is 102 Å². The van der Waals surface area contributed by atoms with Crippen molar-refractivity contribution < 1.29 is 13.2 Å². The number of fused-ring (bicyclic) bond motifs is 1. The zero-order valence-corrected chi connectivity index (χ0v) is 11.4. The van der Waals surface area contributed by atoms with Crippen LogP contribution in [-0.4, -0.2) is 30.4 Å². The van der Waals surface area contributed by atoms with Gasteiger partial charge in [-0.15, -0.1) is 0 Å². The van der Waals surface area contributed by atoms with Gasteiger partial charge in [-0.05, 0) is 30.6 Å². The summed E-state index contributed by atoms with van der Waals surface area (Å²) < 4.78 is 25.6. The lowest BCUT2D eigenvalue weighted by molar-refractivity contribution is -0.126. The van der Waals surface area contributed by atoms with E-state index >= 15 is 0 Å². The van der Waals surface area contributed by atoms with E-state index in [2.05, 4.69) is 13.8 Å². The molecule has 1 spiro atoms. The van der Waals surface area contributed by atoms with E-state index in [0.717, 1.165) is 19.3 Å². The molecule has 0 radical (unpaired) electrons. The molecular formula is C12H19NO3S. The first-order valence-electron chi connectivity index (χ1n) is 6.25. The highest BCUT2D eigenvalue weighted by Gasteiger charge is 2.71. The quantitative estimate of drug-likeness (QED) is 0.658. The summed E-state index contributed by atoms with van der Waals surface area (Å²) in [6, 6.07) is -0.0706. The third kappa shape index (κ3) is 1.09. The Bertz CT molecular complexity index is 496. The molecule has 0 aromatic heterocycles. The lowest BCUT2D eigenvalue weighted by atomic mass is 9.69. The van der Waals surface area contributed by atoms with Gasteiger partial charge < -0.3 is 0 Å². The van der Waals surface area contributed by atoms with Gasteiger partial charge in [0, 0.05) is 12.3 Å². The van der Waals surface area contributed by atoms with Crippen LogP contribution in [0.3, 0.4) is 0 Å². The predicted molar refractivity (Wildman–Crippen MR) is 63.6 cm³/mol. The van der Waals surface area contributed by atoms with E-state index in [4.69, 9.17) is 0 Å². The first-order chi connectivity index (χ1) is 7.72. The largest absolute Gasteiger partial charge is 0.274 e. The molecule has 4 nitrogen and oxygen atoms in total. The van der Waals surface area contributed by atoms with Gasteiger partial charge in [-0.3, -0.25) is 4.79 Å². The molecule has 17 heavy (non-hydrogen) atoms. The fourth-order valence-electron chi connectivity index (χ4n) is 4.70. The number of hydrogen-bond acceptors (Lipinski definition) is 3. The molecule has 3 unspecified atom stereocenters. The fraction of sp³-hybridized carbons (Fsp3) is 0.917. The van der Waals surface area contributed by atoms with Crippen LogP contribution in [0.25, 0.3) is 0 Å². The maximum absolute atomic E-state index is 12.2. The van der Waals surface area contributed by atoms with Crippen molar-refractivity contribution >= 4 is 15.9 Å². The van der Waals surface area contributed by atoms with Crippen molar-refractivity contribution in [2.45, 2.75) is 46.1 Å². The van der Waals surface area contributed by atoms with E-state index in [1.165, 1.54) is 11.2 Å². The Kier molecular flexibility index (Phi) is 1.94. The number of nitrogens with zero attached hydrogens (tertiary/aromatic N) is 1. The van der Waals surface area contributed by atoms with Crippen LogP contribution in [0.1, 0.15) is 40.0 Å². The molecule has 3 atom stereocenters. The molecule has 1 amide bonds. The normalized spacial score (nSPS) is 45.0. The smallest absolute Gasteiger partial charge is 0.238 e. The Morgan fingerprint density at radius 1 is 1.35 bits per heavy atom. The minimum absolute atomic E-state index is 0.0505. The number of carbonyl (C=O) groups excluding carboxylic acids is 1. The minimum Gasteiger partial charge on any atom is -0.274 e. The maximum atomic E-state index is 12.2. The van der Waals surface area contributed by atoms with E-state index in [-0.39, 0.29) is 28.5 Å². The van der Waals surface area contributed by atoms with Gasteiger partial charge in [0.1, 0.15) is 0 Å². The van der Waals surface area contributed by atoms with Crippen molar-refractivity contribution in [3.63, 3.8) is 0 Å². The maximum Gasteiger partial charge on any atom is 0.238 e.